The van der Waals surface area contributed by atoms with Crippen molar-refractivity contribution < 1.29 is 4.79 Å². The monoisotopic (exact) mass is 287 g/mol. The van der Waals surface area contributed by atoms with Crippen molar-refractivity contribution in [2.24, 2.45) is 0 Å². The van der Waals surface area contributed by atoms with Crippen LogP contribution in [0.3, 0.4) is 0 Å². The van der Waals surface area contributed by atoms with Gasteiger partial charge >= 0.3 is 0 Å². The lowest BCUT2D eigenvalue weighted by Crippen LogP contribution is -2.43. The summed E-state index contributed by atoms with van der Waals surface area (Å²) in [5, 5.41) is 6.13. The van der Waals surface area contributed by atoms with Crippen LogP contribution in [0.4, 0.5) is 0 Å². The fourth-order valence-corrected chi connectivity index (χ4v) is 3.26. The predicted molar refractivity (Wildman–Crippen MR) is 73.8 cm³/mol. The Kier molecular flexibility index (Phi) is 4.97. The number of hydrogen-bond donors (Lipinski definition) is 1. The van der Waals surface area contributed by atoms with Gasteiger partial charge in [-0.1, -0.05) is 0 Å². The minimum atomic E-state index is 0.0696. The first-order chi connectivity index (χ1) is 8.67. The number of aromatic nitrogens is 1. The number of carbonyl (C=O) groups excluding carboxylic acids is 1. The molecule has 18 heavy (non-hydrogen) atoms. The van der Waals surface area contributed by atoms with Crippen LogP contribution < -0.4 is 5.32 Å². The topological polar surface area (TPSA) is 45.2 Å². The van der Waals surface area contributed by atoms with Crippen LogP contribution in [0.1, 0.15) is 30.5 Å². The lowest BCUT2D eigenvalue weighted by atomic mass is 10.1. The second kappa shape index (κ2) is 6.50. The first-order valence-electron chi connectivity index (χ1n) is 6.16. The number of piperidine rings is 1. The Morgan fingerprint density at radius 3 is 2.89 bits per heavy atom. The summed E-state index contributed by atoms with van der Waals surface area (Å²) >= 11 is 7.41. The van der Waals surface area contributed by atoms with Crippen molar-refractivity contribution in [1.29, 1.82) is 0 Å². The maximum atomic E-state index is 11.0. The molecule has 4 nitrogen and oxygen atoms in total. The molecule has 1 amide bonds. The highest BCUT2D eigenvalue weighted by Gasteiger charge is 2.20. The first-order valence-corrected chi connectivity index (χ1v) is 7.57. The molecule has 1 aromatic heterocycles. The molecule has 2 rings (SSSR count). The van der Waals surface area contributed by atoms with Crippen molar-refractivity contribution in [3.8, 4) is 0 Å². The lowest BCUT2D eigenvalue weighted by Gasteiger charge is -2.31. The number of nitrogens with zero attached hydrogens (tertiary/aromatic N) is 2. The molecule has 1 fully saturated rings. The zero-order chi connectivity index (χ0) is 13.0. The van der Waals surface area contributed by atoms with Crippen molar-refractivity contribution in [2.75, 3.05) is 13.1 Å². The van der Waals surface area contributed by atoms with Gasteiger partial charge in [0.05, 0.1) is 18.1 Å². The van der Waals surface area contributed by atoms with Crippen molar-refractivity contribution in [3.63, 3.8) is 0 Å². The number of likely N-dealkylation sites (tertiary alicyclic amines) is 1. The molecule has 0 aliphatic carbocycles. The van der Waals surface area contributed by atoms with E-state index in [-0.39, 0.29) is 5.91 Å². The molecule has 1 N–H and O–H groups in total. The van der Waals surface area contributed by atoms with E-state index < -0.39 is 0 Å². The number of nitrogens with one attached hydrogen (secondary N) is 1. The van der Waals surface area contributed by atoms with Gasteiger partial charge in [-0.15, -0.1) is 22.9 Å². The third-order valence-corrected chi connectivity index (χ3v) is 4.25. The molecule has 1 aliphatic rings. The van der Waals surface area contributed by atoms with E-state index in [1.165, 1.54) is 0 Å². The molecule has 1 aliphatic heterocycles. The van der Waals surface area contributed by atoms with Gasteiger partial charge in [-0.25, -0.2) is 4.98 Å². The van der Waals surface area contributed by atoms with Crippen LogP contribution in [0.2, 0.25) is 0 Å². The molecule has 6 heteroatoms. The van der Waals surface area contributed by atoms with Crippen LogP contribution in [0, 0.1) is 0 Å². The maximum Gasteiger partial charge on any atom is 0.217 e. The molecule has 2 heterocycles. The summed E-state index contributed by atoms with van der Waals surface area (Å²) in [6.07, 6.45) is 2.04. The first kappa shape index (κ1) is 13.8. The van der Waals surface area contributed by atoms with Gasteiger partial charge in [0.25, 0.3) is 0 Å². The standard InChI is InChI=1S/C12H18ClN3OS/c1-9(17)14-10-2-4-16(5-3-10)7-12-15-11(6-13)8-18-12/h8,10H,2-7H2,1H3,(H,14,17). The summed E-state index contributed by atoms with van der Waals surface area (Å²) in [4.78, 5) is 17.8. The molecule has 1 saturated heterocycles. The molecule has 0 bridgehead atoms. The molecule has 100 valence electrons. The Balaban J connectivity index is 1.78. The Labute approximate surface area is 116 Å². The average Bonchev–Trinajstić information content (AvgIpc) is 2.79. The van der Waals surface area contributed by atoms with Crippen LogP contribution in [-0.2, 0) is 17.2 Å². The minimum Gasteiger partial charge on any atom is -0.354 e. The van der Waals surface area contributed by atoms with E-state index in [1.54, 1.807) is 18.3 Å². The number of carbonyl (C=O) groups is 1. The number of hydrogen-bond acceptors (Lipinski definition) is 4. The van der Waals surface area contributed by atoms with Crippen molar-refractivity contribution in [3.05, 3.63) is 16.1 Å². The number of alkyl halides is 1. The van der Waals surface area contributed by atoms with E-state index in [1.807, 2.05) is 5.38 Å². The van der Waals surface area contributed by atoms with E-state index in [0.717, 1.165) is 43.2 Å². The minimum absolute atomic E-state index is 0.0696. The number of halogens is 1. The fraction of sp³-hybridized carbons (Fsp3) is 0.667. The van der Waals surface area contributed by atoms with E-state index in [0.29, 0.717) is 11.9 Å². The van der Waals surface area contributed by atoms with Crippen LogP contribution in [0.15, 0.2) is 5.38 Å². The average molecular weight is 288 g/mol. The summed E-state index contributed by atoms with van der Waals surface area (Å²) in [6, 6.07) is 0.341. The van der Waals surface area contributed by atoms with Crippen LogP contribution in [0.5, 0.6) is 0 Å². The summed E-state index contributed by atoms with van der Waals surface area (Å²) in [6.45, 7) is 4.51. The Morgan fingerprint density at radius 2 is 2.33 bits per heavy atom. The normalized spacial score (nSPS) is 17.9. The summed E-state index contributed by atoms with van der Waals surface area (Å²) < 4.78 is 0. The molecule has 0 spiro atoms. The third kappa shape index (κ3) is 3.93. The zero-order valence-corrected chi connectivity index (χ0v) is 12.1. The summed E-state index contributed by atoms with van der Waals surface area (Å²) in [7, 11) is 0. The number of amides is 1. The van der Waals surface area contributed by atoms with Gasteiger partial charge in [0.2, 0.25) is 5.91 Å². The molecular weight excluding hydrogens is 270 g/mol. The smallest absolute Gasteiger partial charge is 0.217 e. The summed E-state index contributed by atoms with van der Waals surface area (Å²) in [5.41, 5.74) is 0.963. The number of rotatable bonds is 4. The van der Waals surface area contributed by atoms with Gasteiger partial charge in [-0.2, -0.15) is 0 Å². The third-order valence-electron chi connectivity index (χ3n) is 3.09. The van der Waals surface area contributed by atoms with Crippen LogP contribution >= 0.6 is 22.9 Å². The van der Waals surface area contributed by atoms with Gasteiger partial charge in [-0.3, -0.25) is 9.69 Å². The number of thiazole rings is 1. The Bertz CT molecular complexity index is 402. The molecular formula is C12H18ClN3OS. The predicted octanol–water partition coefficient (Wildman–Crippen LogP) is 1.98. The van der Waals surface area contributed by atoms with Crippen LogP contribution in [0.25, 0.3) is 0 Å². The highest BCUT2D eigenvalue weighted by atomic mass is 35.5. The Morgan fingerprint density at radius 1 is 1.61 bits per heavy atom. The second-order valence-electron chi connectivity index (χ2n) is 4.62. The highest BCUT2D eigenvalue weighted by molar-refractivity contribution is 7.09. The molecule has 1 aromatic rings. The van der Waals surface area contributed by atoms with Crippen molar-refractivity contribution in [2.45, 2.75) is 38.2 Å². The van der Waals surface area contributed by atoms with Crippen LogP contribution in [-0.4, -0.2) is 34.9 Å². The lowest BCUT2D eigenvalue weighted by molar-refractivity contribution is -0.119. The van der Waals surface area contributed by atoms with Crippen molar-refractivity contribution in [1.82, 2.24) is 15.2 Å². The molecule has 0 saturated carbocycles. The SMILES string of the molecule is CC(=O)NC1CCN(Cc2nc(CCl)cs2)CC1. The van der Waals surface area contributed by atoms with Gasteiger partial charge in [0, 0.05) is 31.4 Å². The van der Waals surface area contributed by atoms with Crippen molar-refractivity contribution >= 4 is 28.8 Å². The fourth-order valence-electron chi connectivity index (χ4n) is 2.20. The molecule has 0 aromatic carbocycles. The second-order valence-corrected chi connectivity index (χ2v) is 5.83. The summed E-state index contributed by atoms with van der Waals surface area (Å²) in [5.74, 6) is 0.557. The van der Waals surface area contributed by atoms with E-state index in [2.05, 4.69) is 15.2 Å². The van der Waals surface area contributed by atoms with Gasteiger partial charge in [0.1, 0.15) is 5.01 Å². The quantitative estimate of drug-likeness (QED) is 0.862. The van der Waals surface area contributed by atoms with E-state index >= 15 is 0 Å². The maximum absolute atomic E-state index is 11.0. The van der Waals surface area contributed by atoms with Gasteiger partial charge in [0.15, 0.2) is 0 Å². The largest absolute Gasteiger partial charge is 0.354 e. The Hall–Kier alpha value is -0.650. The molecule has 0 atom stereocenters. The zero-order valence-electron chi connectivity index (χ0n) is 10.5. The van der Waals surface area contributed by atoms with E-state index in [9.17, 15) is 4.79 Å². The van der Waals surface area contributed by atoms with E-state index in [4.69, 9.17) is 11.6 Å². The van der Waals surface area contributed by atoms with Gasteiger partial charge in [-0.05, 0) is 12.8 Å². The highest BCUT2D eigenvalue weighted by Crippen LogP contribution is 2.17. The van der Waals surface area contributed by atoms with Gasteiger partial charge < -0.3 is 5.32 Å². The molecule has 0 unspecified atom stereocenters. The molecule has 0 radical (unpaired) electrons.